The van der Waals surface area contributed by atoms with Gasteiger partial charge in [-0.3, -0.25) is 4.79 Å². The van der Waals surface area contributed by atoms with E-state index < -0.39 is 6.10 Å². The number of anilines is 1. The lowest BCUT2D eigenvalue weighted by atomic mass is 9.94. The molecule has 1 aliphatic rings. The molecule has 23 heavy (non-hydrogen) atoms. The van der Waals surface area contributed by atoms with Gasteiger partial charge in [0, 0.05) is 17.3 Å². The van der Waals surface area contributed by atoms with Gasteiger partial charge in [-0.2, -0.15) is 0 Å². The van der Waals surface area contributed by atoms with Gasteiger partial charge in [-0.1, -0.05) is 61.7 Å². The Labute approximate surface area is 137 Å². The van der Waals surface area contributed by atoms with Gasteiger partial charge in [0.1, 0.15) is 6.10 Å². The highest BCUT2D eigenvalue weighted by Gasteiger charge is 2.22. The molecular weight excluding hydrogens is 286 g/mol. The van der Waals surface area contributed by atoms with Gasteiger partial charge < -0.3 is 10.4 Å². The number of benzene rings is 2. The first-order valence-electron chi connectivity index (χ1n) is 8.38. The van der Waals surface area contributed by atoms with Crippen LogP contribution in [0.5, 0.6) is 0 Å². The molecule has 2 N–H and O–H groups in total. The van der Waals surface area contributed by atoms with Gasteiger partial charge in [0.05, 0.1) is 0 Å². The molecule has 3 heteroatoms. The van der Waals surface area contributed by atoms with Crippen LogP contribution in [0.1, 0.15) is 54.1 Å². The summed E-state index contributed by atoms with van der Waals surface area (Å²) in [6, 6.07) is 17.0. The summed E-state index contributed by atoms with van der Waals surface area (Å²) in [6.45, 7) is 0. The molecule has 0 saturated heterocycles. The number of hydrogen-bond donors (Lipinski definition) is 2. The first-order chi connectivity index (χ1) is 11.3. The van der Waals surface area contributed by atoms with E-state index in [9.17, 15) is 9.90 Å². The predicted octanol–water partition coefficient (Wildman–Crippen LogP) is 4.35. The molecule has 0 bridgehead atoms. The van der Waals surface area contributed by atoms with Crippen molar-refractivity contribution in [3.8, 4) is 0 Å². The van der Waals surface area contributed by atoms with Crippen molar-refractivity contribution in [2.75, 3.05) is 5.32 Å². The molecule has 1 fully saturated rings. The van der Waals surface area contributed by atoms with Crippen LogP contribution in [-0.2, 0) is 0 Å². The molecule has 1 saturated carbocycles. The predicted molar refractivity (Wildman–Crippen MR) is 92.7 cm³/mol. The standard InChI is InChI=1S/C20H23NO2/c22-19(15-9-3-1-4-10-15)20(23)17-13-7-8-14-18(17)21-16-11-5-2-6-12-16/h1,3-4,7-10,13-14,16,19,21-22H,2,5-6,11-12H2. The van der Waals surface area contributed by atoms with Gasteiger partial charge in [-0.25, -0.2) is 0 Å². The number of ketones is 1. The molecule has 0 radical (unpaired) electrons. The molecule has 2 aromatic carbocycles. The van der Waals surface area contributed by atoms with Crippen molar-refractivity contribution in [1.29, 1.82) is 0 Å². The first kappa shape index (κ1) is 15.8. The van der Waals surface area contributed by atoms with Gasteiger partial charge >= 0.3 is 0 Å². The van der Waals surface area contributed by atoms with E-state index in [4.69, 9.17) is 0 Å². The third-order valence-electron chi connectivity index (χ3n) is 4.52. The number of aliphatic hydroxyl groups excluding tert-OH is 1. The summed E-state index contributed by atoms with van der Waals surface area (Å²) in [5.74, 6) is -0.255. The van der Waals surface area contributed by atoms with E-state index in [1.165, 1.54) is 19.3 Å². The molecule has 1 unspecified atom stereocenters. The minimum absolute atomic E-state index is 0.255. The third kappa shape index (κ3) is 3.80. The lowest BCUT2D eigenvalue weighted by molar-refractivity contribution is 0.0748. The average molecular weight is 309 g/mol. The Balaban J connectivity index is 1.80. The van der Waals surface area contributed by atoms with E-state index in [1.807, 2.05) is 36.4 Å². The number of hydrogen-bond acceptors (Lipinski definition) is 3. The van der Waals surface area contributed by atoms with Crippen LogP contribution in [0.25, 0.3) is 0 Å². The molecule has 0 aliphatic heterocycles. The fourth-order valence-electron chi connectivity index (χ4n) is 3.22. The SMILES string of the molecule is O=C(c1ccccc1NC1CCCCC1)C(O)c1ccccc1. The van der Waals surface area contributed by atoms with Crippen molar-refractivity contribution in [1.82, 2.24) is 0 Å². The topological polar surface area (TPSA) is 49.3 Å². The minimum Gasteiger partial charge on any atom is -0.382 e. The highest BCUT2D eigenvalue weighted by atomic mass is 16.3. The van der Waals surface area contributed by atoms with Crippen molar-refractivity contribution in [2.45, 2.75) is 44.2 Å². The summed E-state index contributed by atoms with van der Waals surface area (Å²) in [6.07, 6.45) is 4.94. The first-order valence-corrected chi connectivity index (χ1v) is 8.38. The molecule has 2 aromatic rings. The second-order valence-corrected chi connectivity index (χ2v) is 6.20. The number of rotatable bonds is 5. The second kappa shape index (κ2) is 7.42. The Morgan fingerprint density at radius 2 is 1.61 bits per heavy atom. The smallest absolute Gasteiger partial charge is 0.197 e. The monoisotopic (exact) mass is 309 g/mol. The highest BCUT2D eigenvalue weighted by molar-refractivity contribution is 6.04. The number of para-hydroxylation sites is 1. The summed E-state index contributed by atoms with van der Waals surface area (Å²) >= 11 is 0. The van der Waals surface area contributed by atoms with E-state index in [0.29, 0.717) is 17.2 Å². The van der Waals surface area contributed by atoms with Crippen LogP contribution in [0.2, 0.25) is 0 Å². The summed E-state index contributed by atoms with van der Waals surface area (Å²) in [4.78, 5) is 12.7. The zero-order valence-corrected chi connectivity index (χ0v) is 13.2. The zero-order chi connectivity index (χ0) is 16.1. The summed E-state index contributed by atoms with van der Waals surface area (Å²) in [7, 11) is 0. The molecule has 1 aliphatic carbocycles. The third-order valence-corrected chi connectivity index (χ3v) is 4.52. The molecule has 0 spiro atoms. The van der Waals surface area contributed by atoms with Gasteiger partial charge in [0.2, 0.25) is 0 Å². The molecule has 120 valence electrons. The summed E-state index contributed by atoms with van der Waals surface area (Å²) < 4.78 is 0. The number of nitrogens with one attached hydrogen (secondary N) is 1. The van der Waals surface area contributed by atoms with Gasteiger partial charge in [0.15, 0.2) is 5.78 Å². The van der Waals surface area contributed by atoms with Crippen molar-refractivity contribution < 1.29 is 9.90 Å². The highest BCUT2D eigenvalue weighted by Crippen LogP contribution is 2.27. The normalized spacial score (nSPS) is 16.7. The second-order valence-electron chi connectivity index (χ2n) is 6.20. The van der Waals surface area contributed by atoms with Crippen LogP contribution in [0.4, 0.5) is 5.69 Å². The van der Waals surface area contributed by atoms with Gasteiger partial charge in [-0.05, 0) is 30.5 Å². The Morgan fingerprint density at radius 1 is 0.957 bits per heavy atom. The molecule has 3 nitrogen and oxygen atoms in total. The molecule has 0 aromatic heterocycles. The molecular formula is C20H23NO2. The average Bonchev–Trinajstić information content (AvgIpc) is 2.62. The fourth-order valence-corrected chi connectivity index (χ4v) is 3.22. The van der Waals surface area contributed by atoms with E-state index >= 15 is 0 Å². The maximum atomic E-state index is 12.7. The maximum Gasteiger partial charge on any atom is 0.197 e. The van der Waals surface area contributed by atoms with Crippen molar-refractivity contribution in [3.05, 3.63) is 65.7 Å². The van der Waals surface area contributed by atoms with Crippen molar-refractivity contribution >= 4 is 11.5 Å². The van der Waals surface area contributed by atoms with E-state index in [1.54, 1.807) is 18.2 Å². The lowest BCUT2D eigenvalue weighted by Gasteiger charge is -2.25. The number of carbonyl (C=O) groups is 1. The van der Waals surface area contributed by atoms with Crippen LogP contribution in [0.3, 0.4) is 0 Å². The molecule has 0 amide bonds. The molecule has 1 atom stereocenters. The number of Topliss-reactive ketones (excluding diaryl/α,β-unsaturated/α-hetero) is 1. The zero-order valence-electron chi connectivity index (χ0n) is 13.2. The van der Waals surface area contributed by atoms with Crippen LogP contribution in [0.15, 0.2) is 54.6 Å². The summed E-state index contributed by atoms with van der Waals surface area (Å²) in [5, 5.41) is 13.9. The minimum atomic E-state index is -1.12. The Hall–Kier alpha value is -2.13. The Morgan fingerprint density at radius 3 is 2.35 bits per heavy atom. The van der Waals surface area contributed by atoms with E-state index in [-0.39, 0.29) is 5.78 Å². The lowest BCUT2D eigenvalue weighted by Crippen LogP contribution is -2.24. The van der Waals surface area contributed by atoms with E-state index in [0.717, 1.165) is 18.5 Å². The fraction of sp³-hybridized carbons (Fsp3) is 0.350. The largest absolute Gasteiger partial charge is 0.382 e. The summed E-state index contributed by atoms with van der Waals surface area (Å²) in [5.41, 5.74) is 2.03. The molecule has 0 heterocycles. The van der Waals surface area contributed by atoms with Crippen LogP contribution >= 0.6 is 0 Å². The maximum absolute atomic E-state index is 12.7. The number of aliphatic hydroxyl groups is 1. The van der Waals surface area contributed by atoms with Gasteiger partial charge in [0.25, 0.3) is 0 Å². The van der Waals surface area contributed by atoms with E-state index in [2.05, 4.69) is 5.32 Å². The molecule has 3 rings (SSSR count). The Bertz CT molecular complexity index is 648. The quantitative estimate of drug-likeness (QED) is 0.807. The van der Waals surface area contributed by atoms with Crippen molar-refractivity contribution in [2.24, 2.45) is 0 Å². The Kier molecular flexibility index (Phi) is 5.09. The number of carbonyl (C=O) groups excluding carboxylic acids is 1. The van der Waals surface area contributed by atoms with Crippen LogP contribution < -0.4 is 5.32 Å². The van der Waals surface area contributed by atoms with Crippen molar-refractivity contribution in [3.63, 3.8) is 0 Å². The van der Waals surface area contributed by atoms with Gasteiger partial charge in [-0.15, -0.1) is 0 Å². The van der Waals surface area contributed by atoms with Crippen LogP contribution in [0, 0.1) is 0 Å². The van der Waals surface area contributed by atoms with Crippen LogP contribution in [-0.4, -0.2) is 16.9 Å².